The molecule has 1 heterocycles. The summed E-state index contributed by atoms with van der Waals surface area (Å²) in [7, 11) is 0. The van der Waals surface area contributed by atoms with Crippen molar-refractivity contribution in [2.24, 2.45) is 34.5 Å². The Morgan fingerprint density at radius 1 is 1.04 bits per heavy atom. The van der Waals surface area contributed by atoms with Crippen LogP contribution in [-0.4, -0.2) is 41.0 Å². The van der Waals surface area contributed by atoms with Crippen molar-refractivity contribution >= 4 is 5.78 Å². The average Bonchev–Trinajstić information content (AvgIpc) is 3.24. The Morgan fingerprint density at radius 2 is 1.81 bits per heavy atom. The standard InChI is InChI=1S/C23H37NO2/c1-22-10-9-18-16(17(22)7-8-21(22)26)6-5-15-13-20(25)19(14-23(15,18)2)24-11-3-4-12-24/h15-20,25H,3-14H2,1-2H3/t15-,16-,17-,18-,19-,20-,22-,23-/m0/s1. The fourth-order valence-electron chi connectivity index (χ4n) is 8.49. The zero-order valence-electron chi connectivity index (χ0n) is 16.8. The number of likely N-dealkylation sites (tertiary alicyclic amines) is 1. The molecule has 4 saturated carbocycles. The molecule has 0 bridgehead atoms. The zero-order chi connectivity index (χ0) is 18.1. The topological polar surface area (TPSA) is 40.5 Å². The van der Waals surface area contributed by atoms with Gasteiger partial charge < -0.3 is 5.11 Å². The second-order valence-corrected chi connectivity index (χ2v) is 10.9. The van der Waals surface area contributed by atoms with Crippen LogP contribution >= 0.6 is 0 Å². The van der Waals surface area contributed by atoms with Crippen LogP contribution in [0.3, 0.4) is 0 Å². The highest BCUT2D eigenvalue weighted by molar-refractivity contribution is 5.87. The van der Waals surface area contributed by atoms with E-state index in [0.717, 1.165) is 37.5 Å². The zero-order valence-corrected chi connectivity index (χ0v) is 16.8. The first-order chi connectivity index (χ1) is 12.4. The van der Waals surface area contributed by atoms with E-state index in [1.54, 1.807) is 0 Å². The minimum absolute atomic E-state index is 0.00705. The predicted molar refractivity (Wildman–Crippen MR) is 103 cm³/mol. The molecule has 4 aliphatic carbocycles. The van der Waals surface area contributed by atoms with Gasteiger partial charge in [-0.15, -0.1) is 0 Å². The number of nitrogens with zero attached hydrogens (tertiary/aromatic N) is 1. The first-order valence-electron chi connectivity index (χ1n) is 11.4. The molecule has 26 heavy (non-hydrogen) atoms. The Bertz CT molecular complexity index is 585. The lowest BCUT2D eigenvalue weighted by molar-refractivity contribution is -0.151. The van der Waals surface area contributed by atoms with Crippen molar-refractivity contribution in [3.8, 4) is 0 Å². The van der Waals surface area contributed by atoms with E-state index in [-0.39, 0.29) is 11.5 Å². The first kappa shape index (κ1) is 17.7. The lowest BCUT2D eigenvalue weighted by Gasteiger charge is -2.61. The number of Topliss-reactive ketones (excluding diaryl/α,β-unsaturated/α-hetero) is 1. The largest absolute Gasteiger partial charge is 0.391 e. The van der Waals surface area contributed by atoms with Gasteiger partial charge >= 0.3 is 0 Å². The molecule has 8 atom stereocenters. The van der Waals surface area contributed by atoms with Gasteiger partial charge in [0.2, 0.25) is 0 Å². The molecular formula is C23H37NO2. The van der Waals surface area contributed by atoms with Crippen molar-refractivity contribution in [3.63, 3.8) is 0 Å². The number of aliphatic hydroxyl groups is 1. The molecule has 1 saturated heterocycles. The summed E-state index contributed by atoms with van der Waals surface area (Å²) >= 11 is 0. The van der Waals surface area contributed by atoms with Crippen LogP contribution in [0.2, 0.25) is 0 Å². The van der Waals surface area contributed by atoms with E-state index in [1.165, 1.54) is 51.6 Å². The summed E-state index contributed by atoms with van der Waals surface area (Å²) in [5, 5.41) is 10.9. The van der Waals surface area contributed by atoms with E-state index >= 15 is 0 Å². The molecule has 0 aromatic heterocycles. The van der Waals surface area contributed by atoms with Crippen LogP contribution in [0, 0.1) is 34.5 Å². The molecule has 0 amide bonds. The van der Waals surface area contributed by atoms with Crippen molar-refractivity contribution in [2.75, 3.05) is 13.1 Å². The molecular weight excluding hydrogens is 322 g/mol. The molecule has 3 nitrogen and oxygen atoms in total. The van der Waals surface area contributed by atoms with Crippen LogP contribution in [-0.2, 0) is 4.79 Å². The van der Waals surface area contributed by atoms with Gasteiger partial charge in [0.15, 0.2) is 0 Å². The maximum absolute atomic E-state index is 12.6. The number of hydrogen-bond acceptors (Lipinski definition) is 3. The molecule has 0 aromatic rings. The van der Waals surface area contributed by atoms with Crippen LogP contribution in [0.25, 0.3) is 0 Å². The molecule has 0 spiro atoms. The van der Waals surface area contributed by atoms with Gasteiger partial charge in [0.05, 0.1) is 6.10 Å². The summed E-state index contributed by atoms with van der Waals surface area (Å²) in [6.45, 7) is 7.23. The molecule has 3 heteroatoms. The van der Waals surface area contributed by atoms with E-state index in [4.69, 9.17) is 0 Å². The van der Waals surface area contributed by atoms with E-state index < -0.39 is 0 Å². The summed E-state index contributed by atoms with van der Waals surface area (Å²) in [4.78, 5) is 15.2. The third kappa shape index (κ3) is 2.35. The average molecular weight is 360 g/mol. The number of hydrogen-bond donors (Lipinski definition) is 1. The SMILES string of the molecule is C[C@]12C[C@H](N3CCCC3)[C@@H](O)C[C@@H]1CC[C@@H]1[C@@H]2CC[C@]2(C)C(=O)CC[C@@H]12. The number of carbonyl (C=O) groups excluding carboxylic acids is 1. The van der Waals surface area contributed by atoms with Crippen molar-refractivity contribution < 1.29 is 9.90 Å². The molecule has 1 aliphatic heterocycles. The molecule has 5 rings (SSSR count). The van der Waals surface area contributed by atoms with E-state index in [0.29, 0.717) is 29.1 Å². The van der Waals surface area contributed by atoms with E-state index in [2.05, 4.69) is 18.7 Å². The molecule has 5 aliphatic rings. The van der Waals surface area contributed by atoms with Gasteiger partial charge in [0, 0.05) is 17.9 Å². The van der Waals surface area contributed by atoms with Gasteiger partial charge in [0.1, 0.15) is 5.78 Å². The van der Waals surface area contributed by atoms with Crippen molar-refractivity contribution in [1.29, 1.82) is 0 Å². The Kier molecular flexibility index (Phi) is 4.11. The van der Waals surface area contributed by atoms with Crippen molar-refractivity contribution in [1.82, 2.24) is 4.90 Å². The molecule has 1 N–H and O–H groups in total. The minimum atomic E-state index is -0.121. The highest BCUT2D eigenvalue weighted by atomic mass is 16.3. The molecule has 0 radical (unpaired) electrons. The molecule has 0 aromatic carbocycles. The number of fused-ring (bicyclic) bond motifs is 5. The normalized spacial score (nSPS) is 54.7. The van der Waals surface area contributed by atoms with Crippen LogP contribution < -0.4 is 0 Å². The summed E-state index contributed by atoms with van der Waals surface area (Å²) in [6, 6.07) is 0.385. The summed E-state index contributed by atoms with van der Waals surface area (Å²) in [6.07, 6.45) is 11.6. The maximum atomic E-state index is 12.6. The van der Waals surface area contributed by atoms with Gasteiger partial charge in [-0.3, -0.25) is 9.69 Å². The van der Waals surface area contributed by atoms with Gasteiger partial charge in [-0.1, -0.05) is 13.8 Å². The second-order valence-electron chi connectivity index (χ2n) is 10.9. The van der Waals surface area contributed by atoms with Crippen LogP contribution in [0.15, 0.2) is 0 Å². The van der Waals surface area contributed by atoms with Crippen LogP contribution in [0.5, 0.6) is 0 Å². The summed E-state index contributed by atoms with van der Waals surface area (Å²) in [5.74, 6) is 3.43. The third-order valence-electron chi connectivity index (χ3n) is 10.0. The quantitative estimate of drug-likeness (QED) is 0.768. The van der Waals surface area contributed by atoms with Gasteiger partial charge in [-0.25, -0.2) is 0 Å². The smallest absolute Gasteiger partial charge is 0.139 e. The fourth-order valence-corrected chi connectivity index (χ4v) is 8.49. The first-order valence-corrected chi connectivity index (χ1v) is 11.4. The van der Waals surface area contributed by atoms with E-state index in [1.807, 2.05) is 0 Å². The Labute approximate surface area is 158 Å². The molecule has 0 unspecified atom stereocenters. The van der Waals surface area contributed by atoms with Crippen molar-refractivity contribution in [3.05, 3.63) is 0 Å². The highest BCUT2D eigenvalue weighted by Crippen LogP contribution is 2.65. The third-order valence-corrected chi connectivity index (χ3v) is 10.0. The lowest BCUT2D eigenvalue weighted by atomic mass is 9.44. The number of ketones is 1. The Hall–Kier alpha value is -0.410. The van der Waals surface area contributed by atoms with Crippen LogP contribution in [0.1, 0.15) is 78.1 Å². The predicted octanol–water partition coefficient (Wildman–Crippen LogP) is 4.03. The van der Waals surface area contributed by atoms with E-state index in [9.17, 15) is 9.90 Å². The molecule has 146 valence electrons. The maximum Gasteiger partial charge on any atom is 0.139 e. The van der Waals surface area contributed by atoms with Crippen molar-refractivity contribution in [2.45, 2.75) is 90.2 Å². The van der Waals surface area contributed by atoms with Crippen LogP contribution in [0.4, 0.5) is 0 Å². The number of rotatable bonds is 1. The van der Waals surface area contributed by atoms with Gasteiger partial charge in [-0.2, -0.15) is 0 Å². The summed E-state index contributed by atoms with van der Waals surface area (Å²) in [5.41, 5.74) is 0.370. The molecule has 5 fully saturated rings. The number of aliphatic hydroxyl groups excluding tert-OH is 1. The lowest BCUT2D eigenvalue weighted by Crippen LogP contribution is -2.59. The number of carbonyl (C=O) groups is 1. The minimum Gasteiger partial charge on any atom is -0.391 e. The monoisotopic (exact) mass is 359 g/mol. The van der Waals surface area contributed by atoms with Gasteiger partial charge in [0.25, 0.3) is 0 Å². The highest BCUT2D eigenvalue weighted by Gasteiger charge is 2.61. The summed E-state index contributed by atoms with van der Waals surface area (Å²) < 4.78 is 0. The van der Waals surface area contributed by atoms with Gasteiger partial charge in [-0.05, 0) is 100.0 Å². The second kappa shape index (κ2) is 6.04. The Balaban J connectivity index is 1.43. The Morgan fingerprint density at radius 3 is 2.58 bits per heavy atom. The fraction of sp³-hybridized carbons (Fsp3) is 0.957.